The van der Waals surface area contributed by atoms with Gasteiger partial charge in [-0.2, -0.15) is 13.2 Å². The van der Waals surface area contributed by atoms with Crippen LogP contribution in [0.2, 0.25) is 0 Å². The van der Waals surface area contributed by atoms with Crippen LogP contribution in [0.3, 0.4) is 0 Å². The summed E-state index contributed by atoms with van der Waals surface area (Å²) in [5.74, 6) is -0.949. The summed E-state index contributed by atoms with van der Waals surface area (Å²) in [5, 5.41) is 15.3. The van der Waals surface area contributed by atoms with Crippen molar-refractivity contribution in [3.05, 3.63) is 107 Å². The van der Waals surface area contributed by atoms with Gasteiger partial charge in [0.1, 0.15) is 6.10 Å². The van der Waals surface area contributed by atoms with Gasteiger partial charge in [0.25, 0.3) is 5.91 Å². The summed E-state index contributed by atoms with van der Waals surface area (Å²) in [6.45, 7) is 0. The number of carbonyl (C=O) groups is 2. The maximum absolute atomic E-state index is 13.1. The second-order valence-electron chi connectivity index (χ2n) is 8.99. The van der Waals surface area contributed by atoms with Crippen molar-refractivity contribution in [1.29, 1.82) is 0 Å². The third-order valence-corrected chi connectivity index (χ3v) is 6.10. The minimum absolute atomic E-state index is 0.0710. The number of alkyl halides is 3. The van der Waals surface area contributed by atoms with Gasteiger partial charge in [0, 0.05) is 49.2 Å². The van der Waals surface area contributed by atoms with Gasteiger partial charge in [-0.05, 0) is 53.1 Å². The lowest BCUT2D eigenvalue weighted by Crippen LogP contribution is -2.34. The number of aliphatic hydroxyl groups is 1. The van der Waals surface area contributed by atoms with Crippen molar-refractivity contribution in [3.8, 4) is 0 Å². The zero-order valence-corrected chi connectivity index (χ0v) is 20.7. The fourth-order valence-electron chi connectivity index (χ4n) is 4.10. The van der Waals surface area contributed by atoms with Gasteiger partial charge in [-0.15, -0.1) is 0 Å². The van der Waals surface area contributed by atoms with Gasteiger partial charge in [0.05, 0.1) is 5.56 Å². The highest BCUT2D eigenvalue weighted by Gasteiger charge is 2.30. The fraction of sp³-hybridized carbons (Fsp3) is 0.172. The first-order valence-electron chi connectivity index (χ1n) is 11.8. The van der Waals surface area contributed by atoms with Gasteiger partial charge in [0.15, 0.2) is 0 Å². The van der Waals surface area contributed by atoms with Crippen LogP contribution in [-0.4, -0.2) is 37.1 Å². The van der Waals surface area contributed by atoms with Crippen LogP contribution in [0.5, 0.6) is 0 Å². The predicted octanol–water partition coefficient (Wildman–Crippen LogP) is 5.25. The number of carbonyl (C=O) groups excluding carboxylic acids is 2. The van der Waals surface area contributed by atoms with Crippen molar-refractivity contribution in [1.82, 2.24) is 0 Å². The van der Waals surface area contributed by atoms with Crippen molar-refractivity contribution >= 4 is 34.4 Å². The van der Waals surface area contributed by atoms with Crippen LogP contribution in [0.4, 0.5) is 30.2 Å². The van der Waals surface area contributed by atoms with Crippen molar-refractivity contribution in [2.24, 2.45) is 0 Å². The van der Waals surface area contributed by atoms with E-state index in [0.717, 1.165) is 23.4 Å². The Balaban J connectivity index is 1.62. The molecule has 0 radical (unpaired) electrons. The lowest BCUT2D eigenvalue weighted by atomic mass is 9.96. The standard InChI is InChI=1S/C29H26F3N3O3/c1-35(2)21-7-3-6-19(16-21)22(18-12-14-20(15-13-18)29(30,31)32)8-4-11-27(37)33-24-9-5-10-25-23(24)17-26(36)28(38)34-25/h3-16,26,36H,17H2,1-2H3,(H,33,37)(H,34,38). The molecular weight excluding hydrogens is 495 g/mol. The number of anilines is 3. The molecule has 0 bridgehead atoms. The molecule has 4 rings (SSSR count). The number of hydrogen-bond donors (Lipinski definition) is 3. The number of rotatable bonds is 6. The molecular formula is C29H26F3N3O3. The molecule has 196 valence electrons. The first kappa shape index (κ1) is 26.7. The van der Waals surface area contributed by atoms with E-state index in [9.17, 15) is 27.9 Å². The van der Waals surface area contributed by atoms with Gasteiger partial charge in [-0.3, -0.25) is 9.59 Å². The van der Waals surface area contributed by atoms with E-state index in [-0.39, 0.29) is 6.42 Å². The number of allylic oxidation sites excluding steroid dienone is 2. The predicted molar refractivity (Wildman–Crippen MR) is 142 cm³/mol. The molecule has 6 nitrogen and oxygen atoms in total. The van der Waals surface area contributed by atoms with Gasteiger partial charge >= 0.3 is 6.18 Å². The second-order valence-corrected chi connectivity index (χ2v) is 8.99. The third kappa shape index (κ3) is 6.12. The van der Waals surface area contributed by atoms with Gasteiger partial charge in [0.2, 0.25) is 5.91 Å². The van der Waals surface area contributed by atoms with Crippen molar-refractivity contribution in [3.63, 3.8) is 0 Å². The zero-order valence-electron chi connectivity index (χ0n) is 20.7. The smallest absolute Gasteiger partial charge is 0.383 e. The topological polar surface area (TPSA) is 81.7 Å². The van der Waals surface area contributed by atoms with E-state index in [1.807, 2.05) is 43.3 Å². The molecule has 1 heterocycles. The number of nitrogens with one attached hydrogen (secondary N) is 2. The molecule has 0 spiro atoms. The summed E-state index contributed by atoms with van der Waals surface area (Å²) in [4.78, 5) is 26.3. The Bertz CT molecular complexity index is 1410. The zero-order chi connectivity index (χ0) is 27.4. The van der Waals surface area contributed by atoms with Crippen molar-refractivity contribution < 1.29 is 27.9 Å². The molecule has 0 saturated carbocycles. The molecule has 3 aromatic carbocycles. The average molecular weight is 522 g/mol. The summed E-state index contributed by atoms with van der Waals surface area (Å²) < 4.78 is 39.3. The molecule has 0 saturated heterocycles. The Morgan fingerprint density at radius 1 is 1.05 bits per heavy atom. The van der Waals surface area contributed by atoms with Crippen LogP contribution in [0.15, 0.2) is 85.0 Å². The SMILES string of the molecule is CN(C)c1cccc(C(=CC=CC(=O)Nc2cccc3c2CC(O)C(=O)N3)c2ccc(C(F)(F)F)cc2)c1. The van der Waals surface area contributed by atoms with Crippen molar-refractivity contribution in [2.45, 2.75) is 18.7 Å². The minimum Gasteiger partial charge on any atom is -0.383 e. The maximum atomic E-state index is 13.1. The van der Waals surface area contributed by atoms with Crippen LogP contribution in [0.1, 0.15) is 22.3 Å². The summed E-state index contributed by atoms with van der Waals surface area (Å²) in [6, 6.07) is 17.4. The normalized spacial score (nSPS) is 15.7. The van der Waals surface area contributed by atoms with Crippen molar-refractivity contribution in [2.75, 3.05) is 29.6 Å². The number of amides is 2. The summed E-state index contributed by atoms with van der Waals surface area (Å²) in [6.07, 6.45) is -1.08. The first-order chi connectivity index (χ1) is 18.0. The third-order valence-electron chi connectivity index (χ3n) is 6.10. The molecule has 1 atom stereocenters. The lowest BCUT2D eigenvalue weighted by molar-refractivity contribution is -0.137. The number of benzene rings is 3. The van der Waals surface area contributed by atoms with Gasteiger partial charge in [-0.1, -0.05) is 42.5 Å². The molecule has 2 amide bonds. The van der Waals surface area contributed by atoms with Crippen LogP contribution in [0.25, 0.3) is 5.57 Å². The van der Waals surface area contributed by atoms with E-state index in [1.165, 1.54) is 24.3 Å². The number of fused-ring (bicyclic) bond motifs is 1. The Morgan fingerprint density at radius 3 is 2.45 bits per heavy atom. The average Bonchev–Trinajstić information content (AvgIpc) is 2.87. The minimum atomic E-state index is -4.44. The number of hydrogen-bond acceptors (Lipinski definition) is 4. The quantitative estimate of drug-likeness (QED) is 0.306. The first-order valence-corrected chi connectivity index (χ1v) is 11.8. The Morgan fingerprint density at radius 2 is 1.76 bits per heavy atom. The Hall–Kier alpha value is -4.37. The van der Waals surface area contributed by atoms with E-state index >= 15 is 0 Å². The molecule has 0 fully saturated rings. The maximum Gasteiger partial charge on any atom is 0.416 e. The summed E-state index contributed by atoms with van der Waals surface area (Å²) in [7, 11) is 3.77. The number of aliphatic hydroxyl groups excluding tert-OH is 1. The molecule has 1 aliphatic rings. The van der Waals surface area contributed by atoms with Crippen LogP contribution >= 0.6 is 0 Å². The van der Waals surface area contributed by atoms with Crippen LogP contribution in [-0.2, 0) is 22.2 Å². The van der Waals surface area contributed by atoms with E-state index < -0.39 is 29.7 Å². The number of halogens is 3. The fourth-order valence-corrected chi connectivity index (χ4v) is 4.10. The lowest BCUT2D eigenvalue weighted by Gasteiger charge is -2.23. The Kier molecular flexibility index (Phi) is 7.68. The Labute approximate surface area is 218 Å². The van der Waals surface area contributed by atoms with E-state index in [4.69, 9.17) is 0 Å². The molecule has 9 heteroatoms. The summed E-state index contributed by atoms with van der Waals surface area (Å²) in [5.41, 5.74) is 3.71. The van der Waals surface area contributed by atoms with Gasteiger partial charge < -0.3 is 20.6 Å². The van der Waals surface area contributed by atoms with Crippen LogP contribution in [0, 0.1) is 0 Å². The van der Waals surface area contributed by atoms with E-state index in [1.54, 1.807) is 24.3 Å². The van der Waals surface area contributed by atoms with Gasteiger partial charge in [-0.25, -0.2) is 0 Å². The van der Waals surface area contributed by atoms with E-state index in [2.05, 4.69) is 10.6 Å². The number of nitrogens with zero attached hydrogens (tertiary/aromatic N) is 1. The summed E-state index contributed by atoms with van der Waals surface area (Å²) >= 11 is 0. The monoisotopic (exact) mass is 521 g/mol. The largest absolute Gasteiger partial charge is 0.416 e. The molecule has 38 heavy (non-hydrogen) atoms. The highest BCUT2D eigenvalue weighted by atomic mass is 19.4. The van der Waals surface area contributed by atoms with Crippen LogP contribution < -0.4 is 15.5 Å². The second kappa shape index (κ2) is 10.9. The molecule has 3 aromatic rings. The molecule has 0 aromatic heterocycles. The molecule has 1 aliphatic heterocycles. The molecule has 1 unspecified atom stereocenters. The molecule has 3 N–H and O–H groups in total. The highest BCUT2D eigenvalue weighted by molar-refractivity contribution is 6.03. The molecule has 0 aliphatic carbocycles. The highest BCUT2D eigenvalue weighted by Crippen LogP contribution is 2.33. The van der Waals surface area contributed by atoms with E-state index in [0.29, 0.717) is 28.1 Å².